The second-order valence-electron chi connectivity index (χ2n) is 5.99. The molecule has 1 fully saturated rings. The molecule has 1 aliphatic rings. The first-order valence-corrected chi connectivity index (χ1v) is 8.40. The van der Waals surface area contributed by atoms with Crippen LogP contribution in [0.15, 0.2) is 24.3 Å². The molecule has 0 amide bonds. The molecule has 0 radical (unpaired) electrons. The van der Waals surface area contributed by atoms with Crippen LogP contribution >= 0.6 is 0 Å². The summed E-state index contributed by atoms with van der Waals surface area (Å²) in [6, 6.07) is 9.23. The Morgan fingerprint density at radius 3 is 2.62 bits per heavy atom. The van der Waals surface area contributed by atoms with E-state index in [0.717, 1.165) is 25.4 Å². The maximum Gasteiger partial charge on any atom is 0.119 e. The molecule has 0 aliphatic carbocycles. The van der Waals surface area contributed by atoms with Gasteiger partial charge in [-0.25, -0.2) is 0 Å². The Morgan fingerprint density at radius 2 is 1.95 bits per heavy atom. The third-order valence-electron chi connectivity index (χ3n) is 4.45. The summed E-state index contributed by atoms with van der Waals surface area (Å²) in [6.07, 6.45) is 3.97. The summed E-state index contributed by atoms with van der Waals surface area (Å²) in [7, 11) is 2.27. The largest absolute Gasteiger partial charge is 0.494 e. The number of likely N-dealkylation sites (tertiary alicyclic amines) is 1. The minimum Gasteiger partial charge on any atom is -0.494 e. The highest BCUT2D eigenvalue weighted by molar-refractivity contribution is 5.29. The van der Waals surface area contributed by atoms with E-state index >= 15 is 0 Å². The monoisotopic (exact) mass is 290 g/mol. The number of nitrogens with zero attached hydrogens (tertiary/aromatic N) is 1. The summed E-state index contributed by atoms with van der Waals surface area (Å²) in [6.45, 7) is 8.30. The number of nitrogens with one attached hydrogen (secondary N) is 1. The van der Waals surface area contributed by atoms with Gasteiger partial charge in [-0.05, 0) is 70.1 Å². The van der Waals surface area contributed by atoms with E-state index in [4.69, 9.17) is 4.74 Å². The molecule has 3 nitrogen and oxygen atoms in total. The predicted octanol–water partition coefficient (Wildman–Crippen LogP) is 3.47. The lowest BCUT2D eigenvalue weighted by Gasteiger charge is -2.33. The molecule has 1 aromatic carbocycles. The van der Waals surface area contributed by atoms with E-state index in [1.165, 1.54) is 31.4 Å². The Kier molecular flexibility index (Phi) is 6.52. The second kappa shape index (κ2) is 8.40. The van der Waals surface area contributed by atoms with Gasteiger partial charge in [0, 0.05) is 6.04 Å². The Labute approximate surface area is 129 Å². The van der Waals surface area contributed by atoms with Crippen LogP contribution in [-0.2, 0) is 0 Å². The Bertz CT molecular complexity index is 404. The third kappa shape index (κ3) is 4.45. The Morgan fingerprint density at radius 1 is 1.19 bits per heavy atom. The van der Waals surface area contributed by atoms with Gasteiger partial charge in [-0.3, -0.25) is 4.90 Å². The molecule has 1 N–H and O–H groups in total. The molecule has 0 saturated carbocycles. The lowest BCUT2D eigenvalue weighted by atomic mass is 9.89. The van der Waals surface area contributed by atoms with Gasteiger partial charge in [0.1, 0.15) is 5.75 Å². The molecule has 1 aromatic rings. The normalized spacial score (nSPS) is 23.8. The molecule has 2 atom stereocenters. The Hall–Kier alpha value is -1.06. The molecule has 118 valence electrons. The number of hydrogen-bond acceptors (Lipinski definition) is 3. The van der Waals surface area contributed by atoms with Gasteiger partial charge in [0.2, 0.25) is 0 Å². The molecule has 3 heteroatoms. The molecule has 1 heterocycles. The summed E-state index contributed by atoms with van der Waals surface area (Å²) in [5.74, 6) is 1.66. The minimum atomic E-state index is 0.516. The highest BCUT2D eigenvalue weighted by atomic mass is 16.5. The van der Waals surface area contributed by atoms with Crippen molar-refractivity contribution in [3.05, 3.63) is 29.8 Å². The molecule has 2 unspecified atom stereocenters. The third-order valence-corrected chi connectivity index (χ3v) is 4.45. The lowest BCUT2D eigenvalue weighted by molar-refractivity contribution is 0.189. The minimum absolute atomic E-state index is 0.516. The van der Waals surface area contributed by atoms with Crippen molar-refractivity contribution in [3.63, 3.8) is 0 Å². The van der Waals surface area contributed by atoms with Gasteiger partial charge in [-0.2, -0.15) is 0 Å². The maximum absolute atomic E-state index is 5.57. The maximum atomic E-state index is 5.57. The molecule has 2 rings (SSSR count). The van der Waals surface area contributed by atoms with Gasteiger partial charge >= 0.3 is 0 Å². The van der Waals surface area contributed by atoms with Gasteiger partial charge in [0.05, 0.1) is 6.61 Å². The van der Waals surface area contributed by atoms with Crippen molar-refractivity contribution < 1.29 is 4.74 Å². The van der Waals surface area contributed by atoms with Crippen LogP contribution in [0, 0.1) is 5.92 Å². The molecule has 0 spiro atoms. The number of ether oxygens (including phenoxy) is 1. The van der Waals surface area contributed by atoms with Gasteiger partial charge in [0.25, 0.3) is 0 Å². The van der Waals surface area contributed by atoms with Crippen LogP contribution in [0.5, 0.6) is 5.75 Å². The summed E-state index contributed by atoms with van der Waals surface area (Å²) >= 11 is 0. The van der Waals surface area contributed by atoms with Crippen molar-refractivity contribution in [2.24, 2.45) is 5.92 Å². The lowest BCUT2D eigenvalue weighted by Crippen LogP contribution is -2.34. The summed E-state index contributed by atoms with van der Waals surface area (Å²) in [4.78, 5) is 2.53. The van der Waals surface area contributed by atoms with Crippen molar-refractivity contribution in [2.75, 3.05) is 33.3 Å². The van der Waals surface area contributed by atoms with Gasteiger partial charge in [-0.1, -0.05) is 25.5 Å². The second-order valence-corrected chi connectivity index (χ2v) is 5.99. The zero-order chi connectivity index (χ0) is 15.1. The first kappa shape index (κ1) is 16.3. The molecule has 1 aliphatic heterocycles. The van der Waals surface area contributed by atoms with Crippen molar-refractivity contribution in [2.45, 2.75) is 39.2 Å². The number of benzene rings is 1. The number of rotatable bonds is 6. The van der Waals surface area contributed by atoms with Crippen LogP contribution in [0.1, 0.15) is 44.7 Å². The standard InChI is InChI=1S/C18H30N2O/c1-4-19-14-16-8-6-7-13-20(3)18(16)15-9-11-17(12-10-15)21-5-2/h9-12,16,18-19H,4-8,13-14H2,1-3H3. The topological polar surface area (TPSA) is 24.5 Å². The van der Waals surface area contributed by atoms with Crippen LogP contribution in [0.25, 0.3) is 0 Å². The van der Waals surface area contributed by atoms with E-state index in [1.54, 1.807) is 0 Å². The summed E-state index contributed by atoms with van der Waals surface area (Å²) in [5, 5.41) is 3.55. The van der Waals surface area contributed by atoms with Crippen LogP contribution in [0.2, 0.25) is 0 Å². The van der Waals surface area contributed by atoms with Gasteiger partial charge in [-0.15, -0.1) is 0 Å². The van der Waals surface area contributed by atoms with Crippen LogP contribution < -0.4 is 10.1 Å². The smallest absolute Gasteiger partial charge is 0.119 e. The average Bonchev–Trinajstić information content (AvgIpc) is 2.68. The average molecular weight is 290 g/mol. The van der Waals surface area contributed by atoms with Crippen LogP contribution in [0.4, 0.5) is 0 Å². The van der Waals surface area contributed by atoms with Gasteiger partial charge in [0.15, 0.2) is 0 Å². The molecular weight excluding hydrogens is 260 g/mol. The molecule has 1 saturated heterocycles. The fourth-order valence-corrected chi connectivity index (χ4v) is 3.42. The summed E-state index contributed by atoms with van der Waals surface area (Å²) < 4.78 is 5.57. The molecule has 0 bridgehead atoms. The fraction of sp³-hybridized carbons (Fsp3) is 0.667. The predicted molar refractivity (Wildman–Crippen MR) is 88.9 cm³/mol. The first-order chi connectivity index (χ1) is 10.3. The van der Waals surface area contributed by atoms with E-state index < -0.39 is 0 Å². The van der Waals surface area contributed by atoms with E-state index in [-0.39, 0.29) is 0 Å². The highest BCUT2D eigenvalue weighted by Crippen LogP contribution is 2.34. The van der Waals surface area contributed by atoms with Crippen LogP contribution in [-0.4, -0.2) is 38.2 Å². The first-order valence-electron chi connectivity index (χ1n) is 8.40. The quantitative estimate of drug-likeness (QED) is 0.868. The van der Waals surface area contributed by atoms with E-state index in [9.17, 15) is 0 Å². The molecular formula is C18H30N2O. The van der Waals surface area contributed by atoms with E-state index in [1.807, 2.05) is 6.92 Å². The molecule has 0 aromatic heterocycles. The van der Waals surface area contributed by atoms with Gasteiger partial charge < -0.3 is 10.1 Å². The van der Waals surface area contributed by atoms with Crippen molar-refractivity contribution in [1.29, 1.82) is 0 Å². The highest BCUT2D eigenvalue weighted by Gasteiger charge is 2.28. The van der Waals surface area contributed by atoms with Crippen molar-refractivity contribution >= 4 is 0 Å². The van der Waals surface area contributed by atoms with E-state index in [0.29, 0.717) is 12.0 Å². The van der Waals surface area contributed by atoms with Crippen molar-refractivity contribution in [3.8, 4) is 5.75 Å². The zero-order valence-electron chi connectivity index (χ0n) is 13.8. The van der Waals surface area contributed by atoms with E-state index in [2.05, 4.69) is 48.5 Å². The molecule has 21 heavy (non-hydrogen) atoms. The van der Waals surface area contributed by atoms with Crippen LogP contribution in [0.3, 0.4) is 0 Å². The summed E-state index contributed by atoms with van der Waals surface area (Å²) in [5.41, 5.74) is 1.42. The fourth-order valence-electron chi connectivity index (χ4n) is 3.42. The zero-order valence-corrected chi connectivity index (χ0v) is 13.8. The Balaban J connectivity index is 2.16. The van der Waals surface area contributed by atoms with Crippen molar-refractivity contribution in [1.82, 2.24) is 10.2 Å². The SMILES string of the molecule is CCNCC1CCCCN(C)C1c1ccc(OCC)cc1. The number of hydrogen-bond donors (Lipinski definition) is 1.